The van der Waals surface area contributed by atoms with E-state index in [0.29, 0.717) is 5.92 Å². The fourth-order valence-corrected chi connectivity index (χ4v) is 1.84. The zero-order valence-electron chi connectivity index (χ0n) is 10.1. The largest absolute Gasteiger partial charge is 0.480 e. The van der Waals surface area contributed by atoms with Gasteiger partial charge >= 0.3 is 12.0 Å². The first-order chi connectivity index (χ1) is 7.91. The lowest BCUT2D eigenvalue weighted by atomic mass is 9.80. The number of carbonyl (C=O) groups is 2. The van der Waals surface area contributed by atoms with E-state index in [1.807, 2.05) is 6.92 Å². The van der Waals surface area contributed by atoms with Gasteiger partial charge in [-0.1, -0.05) is 6.42 Å². The van der Waals surface area contributed by atoms with Gasteiger partial charge in [0.1, 0.15) is 0 Å². The first-order valence-corrected chi connectivity index (χ1v) is 5.89. The van der Waals surface area contributed by atoms with Crippen molar-refractivity contribution >= 4 is 12.0 Å². The van der Waals surface area contributed by atoms with Crippen molar-refractivity contribution in [2.45, 2.75) is 51.3 Å². The maximum Gasteiger partial charge on any atom is 0.328 e. The van der Waals surface area contributed by atoms with Crippen molar-refractivity contribution in [3.63, 3.8) is 0 Å². The molecule has 1 saturated carbocycles. The number of hydrogen-bond donors (Lipinski definition) is 4. The molecule has 1 rings (SSSR count). The van der Waals surface area contributed by atoms with Gasteiger partial charge in [-0.25, -0.2) is 9.59 Å². The Balaban J connectivity index is 2.38. The Morgan fingerprint density at radius 3 is 2.18 bits per heavy atom. The van der Waals surface area contributed by atoms with Crippen molar-refractivity contribution < 1.29 is 19.8 Å². The number of carboxylic acid groups (broad SMARTS) is 1. The molecule has 0 bridgehead atoms. The summed E-state index contributed by atoms with van der Waals surface area (Å²) in [5.74, 6) is -0.762. The van der Waals surface area contributed by atoms with E-state index in [1.165, 1.54) is 13.3 Å². The molecule has 0 aromatic heterocycles. The van der Waals surface area contributed by atoms with Crippen LogP contribution in [0.25, 0.3) is 0 Å². The standard InChI is InChI=1S/C11H20N2O4/c1-6(8-4-3-5-8)12-11(17)13-9(7(2)14)10(15)16/h6-9,14H,3-5H2,1-2H3,(H,15,16)(H2,12,13,17). The summed E-state index contributed by atoms with van der Waals surface area (Å²) in [5.41, 5.74) is 0. The second-order valence-electron chi connectivity index (χ2n) is 4.65. The Hall–Kier alpha value is -1.30. The SMILES string of the molecule is CC(O)C(NC(=O)NC(C)C1CCC1)C(=O)O. The van der Waals surface area contributed by atoms with Crippen LogP contribution < -0.4 is 10.6 Å². The molecule has 4 N–H and O–H groups in total. The Labute approximate surface area is 100 Å². The first-order valence-electron chi connectivity index (χ1n) is 5.89. The quantitative estimate of drug-likeness (QED) is 0.559. The van der Waals surface area contributed by atoms with Crippen LogP contribution in [-0.2, 0) is 4.79 Å². The van der Waals surface area contributed by atoms with Crippen molar-refractivity contribution in [1.29, 1.82) is 0 Å². The van der Waals surface area contributed by atoms with Gasteiger partial charge < -0.3 is 20.8 Å². The van der Waals surface area contributed by atoms with Crippen LogP contribution in [0.2, 0.25) is 0 Å². The summed E-state index contributed by atoms with van der Waals surface area (Å²) < 4.78 is 0. The van der Waals surface area contributed by atoms with Crippen molar-refractivity contribution in [2.75, 3.05) is 0 Å². The molecular weight excluding hydrogens is 224 g/mol. The number of aliphatic carboxylic acids is 1. The van der Waals surface area contributed by atoms with Crippen molar-refractivity contribution in [3.05, 3.63) is 0 Å². The highest BCUT2D eigenvalue weighted by Gasteiger charge is 2.28. The van der Waals surface area contributed by atoms with E-state index in [0.717, 1.165) is 12.8 Å². The molecule has 0 saturated heterocycles. The molecule has 0 aliphatic heterocycles. The number of urea groups is 1. The van der Waals surface area contributed by atoms with Crippen molar-refractivity contribution in [1.82, 2.24) is 10.6 Å². The lowest BCUT2D eigenvalue weighted by molar-refractivity contribution is -0.141. The second kappa shape index (κ2) is 5.86. The number of amides is 2. The van der Waals surface area contributed by atoms with E-state index in [-0.39, 0.29) is 6.04 Å². The summed E-state index contributed by atoms with van der Waals surface area (Å²) >= 11 is 0. The maximum atomic E-state index is 11.5. The number of rotatable bonds is 5. The molecule has 3 atom stereocenters. The molecular formula is C11H20N2O4. The molecule has 0 aromatic rings. The molecule has 3 unspecified atom stereocenters. The van der Waals surface area contributed by atoms with E-state index in [1.54, 1.807) is 0 Å². The molecule has 98 valence electrons. The van der Waals surface area contributed by atoms with Gasteiger partial charge in [-0.05, 0) is 32.6 Å². The zero-order valence-corrected chi connectivity index (χ0v) is 10.1. The zero-order chi connectivity index (χ0) is 13.0. The summed E-state index contributed by atoms with van der Waals surface area (Å²) in [6, 6.07) is -1.78. The highest BCUT2D eigenvalue weighted by atomic mass is 16.4. The topological polar surface area (TPSA) is 98.7 Å². The first kappa shape index (κ1) is 13.8. The van der Waals surface area contributed by atoms with Gasteiger partial charge in [0.2, 0.25) is 0 Å². The molecule has 6 nitrogen and oxygen atoms in total. The Bertz CT molecular complexity index is 289. The maximum absolute atomic E-state index is 11.5. The average molecular weight is 244 g/mol. The van der Waals surface area contributed by atoms with Crippen LogP contribution >= 0.6 is 0 Å². The van der Waals surface area contributed by atoms with Crippen LogP contribution in [0.1, 0.15) is 33.1 Å². The molecule has 2 amide bonds. The van der Waals surface area contributed by atoms with Crippen LogP contribution in [-0.4, -0.2) is 40.4 Å². The third-order valence-electron chi connectivity index (χ3n) is 3.25. The van der Waals surface area contributed by atoms with E-state index < -0.39 is 24.1 Å². The van der Waals surface area contributed by atoms with Crippen molar-refractivity contribution in [2.24, 2.45) is 5.92 Å². The Morgan fingerprint density at radius 1 is 1.24 bits per heavy atom. The molecule has 0 heterocycles. The number of aliphatic hydroxyl groups is 1. The van der Waals surface area contributed by atoms with Crippen LogP contribution in [0.15, 0.2) is 0 Å². The van der Waals surface area contributed by atoms with E-state index >= 15 is 0 Å². The summed E-state index contributed by atoms with van der Waals surface area (Å²) in [5, 5.41) is 22.9. The minimum absolute atomic E-state index is 0.0344. The van der Waals surface area contributed by atoms with Gasteiger partial charge in [0.25, 0.3) is 0 Å². The minimum Gasteiger partial charge on any atom is -0.480 e. The monoisotopic (exact) mass is 244 g/mol. The van der Waals surface area contributed by atoms with Gasteiger partial charge in [-0.2, -0.15) is 0 Å². The predicted molar refractivity (Wildman–Crippen MR) is 61.6 cm³/mol. The molecule has 6 heteroatoms. The molecule has 1 aliphatic carbocycles. The third-order valence-corrected chi connectivity index (χ3v) is 3.25. The highest BCUT2D eigenvalue weighted by Crippen LogP contribution is 2.29. The normalized spacial score (nSPS) is 20.9. The van der Waals surface area contributed by atoms with Gasteiger partial charge in [0.15, 0.2) is 6.04 Å². The smallest absolute Gasteiger partial charge is 0.328 e. The molecule has 0 aromatic carbocycles. The van der Waals surface area contributed by atoms with Crippen LogP contribution in [0, 0.1) is 5.92 Å². The molecule has 0 spiro atoms. The molecule has 0 radical (unpaired) electrons. The summed E-state index contributed by atoms with van der Waals surface area (Å²) in [6.45, 7) is 3.23. The number of aliphatic hydroxyl groups excluding tert-OH is 1. The van der Waals surface area contributed by atoms with Crippen LogP contribution in [0.5, 0.6) is 0 Å². The minimum atomic E-state index is -1.27. The average Bonchev–Trinajstić information content (AvgIpc) is 2.09. The summed E-state index contributed by atoms with van der Waals surface area (Å²) in [4.78, 5) is 22.3. The predicted octanol–water partition coefficient (Wildman–Crippen LogP) is 0.308. The van der Waals surface area contributed by atoms with Crippen LogP contribution in [0.3, 0.4) is 0 Å². The van der Waals surface area contributed by atoms with Gasteiger partial charge in [0.05, 0.1) is 6.10 Å². The van der Waals surface area contributed by atoms with Gasteiger partial charge in [0, 0.05) is 6.04 Å². The molecule has 1 aliphatic rings. The third kappa shape index (κ3) is 3.89. The van der Waals surface area contributed by atoms with Gasteiger partial charge in [-0.3, -0.25) is 0 Å². The number of carboxylic acids is 1. The van der Waals surface area contributed by atoms with Gasteiger partial charge in [-0.15, -0.1) is 0 Å². The fourth-order valence-electron chi connectivity index (χ4n) is 1.84. The fraction of sp³-hybridized carbons (Fsp3) is 0.818. The van der Waals surface area contributed by atoms with Crippen molar-refractivity contribution in [3.8, 4) is 0 Å². The highest BCUT2D eigenvalue weighted by molar-refractivity contribution is 5.83. The number of hydrogen-bond acceptors (Lipinski definition) is 3. The lowest BCUT2D eigenvalue weighted by Gasteiger charge is -2.32. The van der Waals surface area contributed by atoms with E-state index in [9.17, 15) is 14.7 Å². The lowest BCUT2D eigenvalue weighted by Crippen LogP contribution is -2.54. The van der Waals surface area contributed by atoms with E-state index in [4.69, 9.17) is 5.11 Å². The number of nitrogens with one attached hydrogen (secondary N) is 2. The number of carbonyl (C=O) groups excluding carboxylic acids is 1. The van der Waals surface area contributed by atoms with Crippen LogP contribution in [0.4, 0.5) is 4.79 Å². The molecule has 17 heavy (non-hydrogen) atoms. The van der Waals surface area contributed by atoms with E-state index in [2.05, 4.69) is 10.6 Å². The second-order valence-corrected chi connectivity index (χ2v) is 4.65. The molecule has 1 fully saturated rings. The Morgan fingerprint density at radius 2 is 1.82 bits per heavy atom. The summed E-state index contributed by atoms with van der Waals surface area (Å²) in [7, 11) is 0. The summed E-state index contributed by atoms with van der Waals surface area (Å²) in [6.07, 6.45) is 2.25. The Kier molecular flexibility index (Phi) is 4.74.